The van der Waals surface area contributed by atoms with Crippen LogP contribution >= 0.6 is 0 Å². The molecule has 0 unspecified atom stereocenters. The minimum atomic E-state index is -0.158. The van der Waals surface area contributed by atoms with Gasteiger partial charge in [-0.1, -0.05) is 216 Å². The fourth-order valence-corrected chi connectivity index (χ4v) is 12.8. The standard InChI is InChI=1S/C78H85BN4/c1-73(2,3)50-23-32-56(33-24-50)80(60-40-42-63-62-21-19-20-22-66(62)81(68(63)48-60)57-34-25-51(26-35-57)74(4,5)6)61-41-43-64-69(49-61)83(59-38-29-53(30-39-59)76(10,11)12)71-47-55(78(16,17)18)46-70-72(71)79(64)65-45-54(77(13,14)15)31-44-67(65)82(70)58-36-27-52(28-37-58)75(7,8)9/h19-49H,1-18H3. The van der Waals surface area contributed by atoms with E-state index in [2.05, 4.69) is 332 Å². The van der Waals surface area contributed by atoms with E-state index in [-0.39, 0.29) is 39.2 Å². The molecule has 0 fully saturated rings. The van der Waals surface area contributed by atoms with Gasteiger partial charge in [0.25, 0.3) is 6.71 Å². The normalized spacial score (nSPS) is 13.8. The Labute approximate surface area is 496 Å². The number of hydrogen-bond acceptors (Lipinski definition) is 3. The molecule has 10 aromatic rings. The third kappa shape index (κ3) is 9.86. The average Bonchev–Trinajstić information content (AvgIpc) is 1.28. The van der Waals surface area contributed by atoms with E-state index in [0.29, 0.717) is 0 Å². The zero-order chi connectivity index (χ0) is 59.1. The van der Waals surface area contributed by atoms with Gasteiger partial charge in [-0.05, 0) is 179 Å². The van der Waals surface area contributed by atoms with Crippen molar-refractivity contribution in [3.8, 4) is 5.69 Å². The van der Waals surface area contributed by atoms with Crippen molar-refractivity contribution in [3.63, 3.8) is 0 Å². The maximum Gasteiger partial charge on any atom is 0.252 e. The molecule has 83 heavy (non-hydrogen) atoms. The summed E-state index contributed by atoms with van der Waals surface area (Å²) in [5, 5.41) is 2.47. The van der Waals surface area contributed by atoms with Gasteiger partial charge >= 0.3 is 0 Å². The number of hydrogen-bond donors (Lipinski definition) is 0. The summed E-state index contributed by atoms with van der Waals surface area (Å²) in [6.07, 6.45) is 0. The van der Waals surface area contributed by atoms with Crippen molar-refractivity contribution >= 4 is 96.1 Å². The van der Waals surface area contributed by atoms with Gasteiger partial charge < -0.3 is 19.3 Å². The van der Waals surface area contributed by atoms with Gasteiger partial charge in [-0.25, -0.2) is 0 Å². The molecular weight excluding hydrogens is 1000 g/mol. The van der Waals surface area contributed by atoms with Gasteiger partial charge in [-0.2, -0.15) is 0 Å². The second-order valence-electron chi connectivity index (χ2n) is 30.1. The van der Waals surface area contributed by atoms with Crippen molar-refractivity contribution in [3.05, 3.63) is 221 Å². The summed E-state index contributed by atoms with van der Waals surface area (Å²) in [7, 11) is 0. The van der Waals surface area contributed by atoms with Gasteiger partial charge in [0.1, 0.15) is 0 Å². The van der Waals surface area contributed by atoms with Gasteiger partial charge in [-0.3, -0.25) is 0 Å². The van der Waals surface area contributed by atoms with Gasteiger partial charge in [0.2, 0.25) is 0 Å². The summed E-state index contributed by atoms with van der Waals surface area (Å²) in [5.74, 6) is 0. The number of anilines is 9. The quantitative estimate of drug-likeness (QED) is 0.154. The van der Waals surface area contributed by atoms with E-state index in [4.69, 9.17) is 0 Å². The first-order chi connectivity index (χ1) is 38.9. The first kappa shape index (κ1) is 55.8. The van der Waals surface area contributed by atoms with E-state index in [9.17, 15) is 0 Å². The highest BCUT2D eigenvalue weighted by Gasteiger charge is 2.45. The molecular formula is C78H85BN4. The predicted molar refractivity (Wildman–Crippen MR) is 362 cm³/mol. The third-order valence-corrected chi connectivity index (χ3v) is 17.9. The Bertz CT molecular complexity index is 4120. The highest BCUT2D eigenvalue weighted by atomic mass is 15.2. The Kier molecular flexibility index (Phi) is 13.0. The summed E-state index contributed by atoms with van der Waals surface area (Å²) < 4.78 is 2.47. The van der Waals surface area contributed by atoms with Crippen molar-refractivity contribution in [2.75, 3.05) is 14.7 Å². The topological polar surface area (TPSA) is 14.7 Å². The zero-order valence-corrected chi connectivity index (χ0v) is 52.8. The Balaban J connectivity index is 1.15. The molecule has 0 saturated carbocycles. The zero-order valence-electron chi connectivity index (χ0n) is 52.8. The molecule has 4 nitrogen and oxygen atoms in total. The van der Waals surface area contributed by atoms with Gasteiger partial charge in [0.05, 0.1) is 11.0 Å². The molecule has 0 radical (unpaired) electrons. The first-order valence-electron chi connectivity index (χ1n) is 30.3. The molecule has 0 amide bonds. The molecule has 12 rings (SSSR count). The molecule has 0 saturated heterocycles. The van der Waals surface area contributed by atoms with Crippen LogP contribution in [0, 0.1) is 0 Å². The lowest BCUT2D eigenvalue weighted by atomic mass is 9.33. The summed E-state index contributed by atoms with van der Waals surface area (Å²) in [4.78, 5) is 7.69. The minimum absolute atomic E-state index is 0.00659. The summed E-state index contributed by atoms with van der Waals surface area (Å²) >= 11 is 0. The van der Waals surface area contributed by atoms with Crippen molar-refractivity contribution in [1.29, 1.82) is 0 Å². The van der Waals surface area contributed by atoms with Crippen molar-refractivity contribution in [2.45, 2.75) is 157 Å². The van der Waals surface area contributed by atoms with E-state index in [1.807, 2.05) is 0 Å². The Morgan fingerprint density at radius 1 is 0.289 bits per heavy atom. The van der Waals surface area contributed by atoms with Crippen LogP contribution in [0.5, 0.6) is 0 Å². The monoisotopic (exact) mass is 1090 g/mol. The van der Waals surface area contributed by atoms with Crippen LogP contribution in [0.1, 0.15) is 158 Å². The van der Waals surface area contributed by atoms with E-state index in [0.717, 1.165) is 28.4 Å². The summed E-state index contributed by atoms with van der Waals surface area (Å²) in [6, 6.07) is 73.2. The van der Waals surface area contributed by atoms with Crippen LogP contribution < -0.4 is 31.1 Å². The van der Waals surface area contributed by atoms with E-state index in [1.165, 1.54) is 100 Å². The van der Waals surface area contributed by atoms with E-state index >= 15 is 0 Å². The lowest BCUT2D eigenvalue weighted by Crippen LogP contribution is -2.61. The molecule has 5 heteroatoms. The molecule has 2 aliphatic rings. The van der Waals surface area contributed by atoms with E-state index in [1.54, 1.807) is 0 Å². The fourth-order valence-electron chi connectivity index (χ4n) is 12.8. The molecule has 3 heterocycles. The minimum Gasteiger partial charge on any atom is -0.311 e. The Morgan fingerprint density at radius 2 is 0.699 bits per heavy atom. The molecule has 0 bridgehead atoms. The number of nitrogens with zero attached hydrogens (tertiary/aromatic N) is 4. The SMILES string of the molecule is CC(C)(C)c1ccc(N(c2ccc3c(c2)N(c2ccc(C(C)(C)C)cc2)c2cc(C(C)(C)C)cc4c2B3c2cc(C(C)(C)C)ccc2N4c2ccc(C(C)(C)C)cc2)c2ccc3c4ccccc4n(-c4ccc(C(C)(C)C)cc4)c3c2)cc1. The number of fused-ring (bicyclic) bond motifs is 7. The highest BCUT2D eigenvalue weighted by Crippen LogP contribution is 2.49. The largest absolute Gasteiger partial charge is 0.311 e. The lowest BCUT2D eigenvalue weighted by Gasteiger charge is -2.45. The van der Waals surface area contributed by atoms with Crippen LogP contribution in [0.15, 0.2) is 188 Å². The Hall–Kier alpha value is -7.76. The average molecular weight is 1090 g/mol. The first-order valence-corrected chi connectivity index (χ1v) is 30.3. The second kappa shape index (κ2) is 19.4. The maximum atomic E-state index is 2.61. The van der Waals surface area contributed by atoms with Crippen molar-refractivity contribution in [2.24, 2.45) is 0 Å². The van der Waals surface area contributed by atoms with Crippen LogP contribution in [0.25, 0.3) is 27.5 Å². The van der Waals surface area contributed by atoms with Gasteiger partial charge in [0, 0.05) is 67.6 Å². The smallest absolute Gasteiger partial charge is 0.252 e. The molecule has 420 valence electrons. The maximum absolute atomic E-state index is 2.61. The van der Waals surface area contributed by atoms with Crippen LogP contribution in [-0.2, 0) is 32.5 Å². The molecule has 2 aliphatic heterocycles. The van der Waals surface area contributed by atoms with Crippen LogP contribution in [0.3, 0.4) is 0 Å². The summed E-state index contributed by atoms with van der Waals surface area (Å²) in [5.41, 5.74) is 25.7. The van der Waals surface area contributed by atoms with Crippen LogP contribution in [0.4, 0.5) is 51.2 Å². The molecule has 9 aromatic carbocycles. The molecule has 0 N–H and O–H groups in total. The second-order valence-corrected chi connectivity index (χ2v) is 30.1. The number of benzene rings is 9. The summed E-state index contributed by atoms with van der Waals surface area (Å²) in [6.45, 7) is 41.7. The molecule has 0 aliphatic carbocycles. The Morgan fingerprint density at radius 3 is 1.20 bits per heavy atom. The van der Waals surface area contributed by atoms with Gasteiger partial charge in [0.15, 0.2) is 0 Å². The van der Waals surface area contributed by atoms with Crippen molar-refractivity contribution < 1.29 is 0 Å². The predicted octanol–water partition coefficient (Wildman–Crippen LogP) is 20.1. The number of aromatic nitrogens is 1. The molecule has 0 spiro atoms. The highest BCUT2D eigenvalue weighted by molar-refractivity contribution is 7.00. The van der Waals surface area contributed by atoms with Crippen LogP contribution in [0.2, 0.25) is 0 Å². The lowest BCUT2D eigenvalue weighted by molar-refractivity contribution is 0.589. The number of para-hydroxylation sites is 1. The van der Waals surface area contributed by atoms with Crippen LogP contribution in [-0.4, -0.2) is 11.3 Å². The third-order valence-electron chi connectivity index (χ3n) is 17.9. The van der Waals surface area contributed by atoms with Gasteiger partial charge in [-0.15, -0.1) is 0 Å². The van der Waals surface area contributed by atoms with Crippen molar-refractivity contribution in [1.82, 2.24) is 4.57 Å². The van der Waals surface area contributed by atoms with E-state index < -0.39 is 0 Å². The molecule has 1 aromatic heterocycles. The fraction of sp³-hybridized carbons (Fsp3) is 0.308. The number of rotatable bonds is 6. The molecule has 0 atom stereocenters.